The molecule has 60 heavy (non-hydrogen) atoms. The van der Waals surface area contributed by atoms with E-state index in [0.29, 0.717) is 22.1 Å². The van der Waals surface area contributed by atoms with Crippen LogP contribution in [0.25, 0.3) is 10.7 Å². The van der Waals surface area contributed by atoms with Crippen LogP contribution in [-0.2, 0) is 42.9 Å². The lowest BCUT2D eigenvalue weighted by Gasteiger charge is -2.48. The van der Waals surface area contributed by atoms with Gasteiger partial charge in [-0.3, -0.25) is 19.4 Å². The van der Waals surface area contributed by atoms with E-state index in [-0.39, 0.29) is 36.6 Å². The lowest BCUT2D eigenvalue weighted by Crippen LogP contribution is -2.60. The van der Waals surface area contributed by atoms with E-state index in [1.165, 1.54) is 18.4 Å². The van der Waals surface area contributed by atoms with Crippen molar-refractivity contribution in [3.8, 4) is 10.7 Å². The lowest BCUT2D eigenvalue weighted by molar-refractivity contribution is -0.301. The number of nitrogens with zero attached hydrogens (tertiary/aromatic N) is 5. The van der Waals surface area contributed by atoms with Crippen molar-refractivity contribution < 1.29 is 53.1 Å². The fraction of sp³-hybridized carbons (Fsp3) is 0.738. The third-order valence-electron chi connectivity index (χ3n) is 12.9. The molecule has 4 N–H and O–H groups in total. The summed E-state index contributed by atoms with van der Waals surface area (Å²) in [7, 11) is 5.22. The summed E-state index contributed by atoms with van der Waals surface area (Å²) in [6.07, 6.45) is -4.04. The first-order valence-electron chi connectivity index (χ1n) is 20.8. The number of ketones is 1. The quantitative estimate of drug-likeness (QED) is 0.133. The van der Waals surface area contributed by atoms with Gasteiger partial charge in [-0.25, -0.2) is 0 Å². The standard InChI is InChI=1S/C42H64N6O11S/c1-13-28-42(9)30(29(39(53)58-42)35(43)47-59-25(7)36-45-46-37(60-36)26-16-14-15-17-44-26)22(4)31(49)20(2)19-41(8,54-12)34(23(5)32(50)24(6)38(52)56-28)57-40-33(51)27(48(10)11)18-21(3)55-40/h14-17,20-25,27-30,32-34,40,50-51H,13,18-19H2,1-12H3,(H2,43,47)/t20-,21-,22-,23+,24-,25+,27+,28+,29-,30+,32?,33-,34-,40?,41-,42-/m1/s1. The smallest absolute Gasteiger partial charge is 0.317 e. The summed E-state index contributed by atoms with van der Waals surface area (Å²) in [5.41, 5.74) is 4.44. The van der Waals surface area contributed by atoms with Crippen LogP contribution in [0.2, 0.25) is 0 Å². The van der Waals surface area contributed by atoms with E-state index < -0.39 is 95.5 Å². The van der Waals surface area contributed by atoms with E-state index in [4.69, 9.17) is 34.3 Å². The molecule has 0 aliphatic carbocycles. The zero-order valence-electron chi connectivity index (χ0n) is 36.8. The molecule has 2 aromatic rings. The van der Waals surface area contributed by atoms with Crippen LogP contribution in [0.15, 0.2) is 29.6 Å². The number of cyclic esters (lactones) is 1. The Morgan fingerprint density at radius 1 is 1.07 bits per heavy atom. The molecule has 2 aromatic heterocycles. The Hall–Kier alpha value is -3.65. The molecule has 18 heteroatoms. The number of nitrogens with two attached hydrogens (primary N) is 1. The Kier molecular flexibility index (Phi) is 15.1. The summed E-state index contributed by atoms with van der Waals surface area (Å²) in [6.45, 7) is 15.5. The fourth-order valence-corrected chi connectivity index (χ4v) is 10.1. The van der Waals surface area contributed by atoms with Gasteiger partial charge in [-0.05, 0) is 80.1 Å². The van der Waals surface area contributed by atoms with E-state index in [9.17, 15) is 24.6 Å². The van der Waals surface area contributed by atoms with E-state index in [1.54, 1.807) is 67.7 Å². The van der Waals surface area contributed by atoms with Crippen molar-refractivity contribution in [1.29, 1.82) is 0 Å². The topological polar surface area (TPSA) is 227 Å². The minimum Gasteiger partial charge on any atom is -0.458 e. The van der Waals surface area contributed by atoms with Crippen LogP contribution in [0.5, 0.6) is 0 Å². The Labute approximate surface area is 356 Å². The van der Waals surface area contributed by atoms with Crippen molar-refractivity contribution in [2.75, 3.05) is 21.2 Å². The van der Waals surface area contributed by atoms with Gasteiger partial charge >= 0.3 is 11.9 Å². The van der Waals surface area contributed by atoms with Gasteiger partial charge in [0.2, 0.25) is 0 Å². The number of hydrogen-bond donors (Lipinski definition) is 3. The van der Waals surface area contributed by atoms with Gasteiger partial charge in [0.15, 0.2) is 33.8 Å². The number of aliphatic hydroxyl groups is 2. The second kappa shape index (κ2) is 19.2. The number of esters is 2. The maximum atomic E-state index is 14.8. The van der Waals surface area contributed by atoms with Crippen LogP contribution < -0.4 is 5.73 Å². The van der Waals surface area contributed by atoms with Gasteiger partial charge in [-0.2, -0.15) is 0 Å². The van der Waals surface area contributed by atoms with Crippen LogP contribution in [0.3, 0.4) is 0 Å². The van der Waals surface area contributed by atoms with Crippen LogP contribution in [-0.4, -0.2) is 129 Å². The van der Waals surface area contributed by atoms with Crippen LogP contribution in [0.1, 0.15) is 92.7 Å². The Balaban J connectivity index is 1.50. The van der Waals surface area contributed by atoms with Gasteiger partial charge < -0.3 is 49.4 Å². The van der Waals surface area contributed by atoms with Crippen LogP contribution in [0, 0.1) is 35.5 Å². The summed E-state index contributed by atoms with van der Waals surface area (Å²) in [6, 6.07) is 5.17. The molecule has 0 aromatic carbocycles. The van der Waals surface area contributed by atoms with Gasteiger partial charge in [-0.1, -0.05) is 50.3 Å². The molecule has 0 bridgehead atoms. The van der Waals surface area contributed by atoms with E-state index in [0.717, 1.165) is 0 Å². The predicted molar refractivity (Wildman–Crippen MR) is 221 cm³/mol. The molecule has 5 heterocycles. The first-order chi connectivity index (χ1) is 28.2. The molecule has 3 saturated heterocycles. The normalized spacial score (nSPS) is 39.1. The highest BCUT2D eigenvalue weighted by Gasteiger charge is 2.62. The largest absolute Gasteiger partial charge is 0.458 e. The third-order valence-corrected chi connectivity index (χ3v) is 14.0. The average Bonchev–Trinajstić information content (AvgIpc) is 3.83. The monoisotopic (exact) mass is 860 g/mol. The molecule has 2 unspecified atom stereocenters. The van der Waals surface area contributed by atoms with Gasteiger partial charge in [0.1, 0.15) is 29.6 Å². The number of oxime groups is 1. The molecule has 0 saturated carbocycles. The Morgan fingerprint density at radius 3 is 2.38 bits per heavy atom. The molecule has 0 spiro atoms. The molecule has 3 fully saturated rings. The molecule has 17 nitrogen and oxygen atoms in total. The molecule has 3 aliphatic heterocycles. The summed E-state index contributed by atoms with van der Waals surface area (Å²) >= 11 is 1.27. The van der Waals surface area contributed by atoms with E-state index >= 15 is 0 Å². The minimum absolute atomic E-state index is 0.0926. The number of aliphatic hydroxyl groups excluding tert-OH is 2. The Bertz CT molecular complexity index is 1840. The second-order valence-electron chi connectivity index (χ2n) is 17.4. The van der Waals surface area contributed by atoms with Gasteiger partial charge in [0.05, 0.1) is 29.8 Å². The number of amidine groups is 1. The highest BCUT2D eigenvalue weighted by Crippen LogP contribution is 2.48. The van der Waals surface area contributed by atoms with Crippen molar-refractivity contribution >= 4 is 34.9 Å². The highest BCUT2D eigenvalue weighted by atomic mass is 32.1. The molecular formula is C42H64N6O11S. The number of methoxy groups -OCH3 is 1. The number of Topliss-reactive ketones (excluding diaryl/α,β-unsaturated/α-hetero) is 1. The zero-order valence-corrected chi connectivity index (χ0v) is 37.6. The van der Waals surface area contributed by atoms with Crippen molar-refractivity contribution in [2.45, 2.75) is 142 Å². The third kappa shape index (κ3) is 9.54. The first-order valence-corrected chi connectivity index (χ1v) is 21.6. The van der Waals surface area contributed by atoms with E-state index in [2.05, 4.69) is 20.3 Å². The highest BCUT2D eigenvalue weighted by molar-refractivity contribution is 7.14. The minimum atomic E-state index is -1.55. The molecular weight excluding hydrogens is 797 g/mol. The number of likely N-dealkylation sites (N-methyl/N-ethyl adjacent to an activating group) is 1. The number of carbonyl (C=O) groups is 3. The number of fused-ring (bicyclic) bond motifs is 1. The first kappa shape index (κ1) is 47.4. The maximum Gasteiger partial charge on any atom is 0.317 e. The number of aromatic nitrogens is 3. The van der Waals surface area contributed by atoms with Gasteiger partial charge in [0, 0.05) is 43.0 Å². The van der Waals surface area contributed by atoms with Crippen molar-refractivity contribution in [2.24, 2.45) is 46.4 Å². The lowest BCUT2D eigenvalue weighted by atomic mass is 9.67. The van der Waals surface area contributed by atoms with E-state index in [1.807, 2.05) is 38.1 Å². The van der Waals surface area contributed by atoms with Crippen molar-refractivity contribution in [3.63, 3.8) is 0 Å². The molecule has 5 rings (SSSR count). The molecule has 0 radical (unpaired) electrons. The summed E-state index contributed by atoms with van der Waals surface area (Å²) in [4.78, 5) is 54.9. The number of ether oxygens (including phenoxy) is 5. The van der Waals surface area contributed by atoms with Gasteiger partial charge in [0.25, 0.3) is 0 Å². The fourth-order valence-electron chi connectivity index (χ4n) is 9.33. The second-order valence-corrected chi connectivity index (χ2v) is 18.5. The number of pyridine rings is 1. The predicted octanol–water partition coefficient (Wildman–Crippen LogP) is 3.91. The van der Waals surface area contributed by atoms with Crippen molar-refractivity contribution in [3.05, 3.63) is 29.4 Å². The molecule has 0 amide bonds. The SMILES string of the molecule is CC[C@@H]1OC(=O)[C@H](C)C(O)[C@H](C)[C@@H](OC2O[C@H](C)C[C@H](N(C)C)[C@H]2O)[C@](C)(OC)C[C@@H](C)C(=O)[C@H](C)[C@H]2[C@H](/C(N)=N/O[C@@H](C)c3nnc(-c4ccccn4)s3)C(=O)O[C@@]21C. The molecule has 16 atom stereocenters. The number of rotatable bonds is 10. The summed E-state index contributed by atoms with van der Waals surface area (Å²) < 4.78 is 31.3. The van der Waals surface area contributed by atoms with Crippen LogP contribution >= 0.6 is 11.3 Å². The Morgan fingerprint density at radius 2 is 1.77 bits per heavy atom. The summed E-state index contributed by atoms with van der Waals surface area (Å²) in [5, 5.41) is 37.1. The summed E-state index contributed by atoms with van der Waals surface area (Å²) in [5.74, 6) is -7.74. The van der Waals surface area contributed by atoms with Crippen molar-refractivity contribution in [1.82, 2.24) is 20.1 Å². The number of carbonyl (C=O) groups excluding carboxylic acids is 3. The van der Waals surface area contributed by atoms with Crippen LogP contribution in [0.4, 0.5) is 0 Å². The van der Waals surface area contributed by atoms with Gasteiger partial charge in [-0.15, -0.1) is 10.2 Å². The maximum absolute atomic E-state index is 14.8. The molecule has 3 aliphatic rings. The number of hydrogen-bond acceptors (Lipinski definition) is 17. The average molecular weight is 861 g/mol. The zero-order chi connectivity index (χ0) is 44.4. The molecule has 334 valence electrons.